The van der Waals surface area contributed by atoms with Crippen LogP contribution in [-0.2, 0) is 9.53 Å². The number of rotatable bonds is 5. The van der Waals surface area contributed by atoms with Crippen LogP contribution < -0.4 is 0 Å². The first-order chi connectivity index (χ1) is 6.43. The fourth-order valence-corrected chi connectivity index (χ4v) is 1.59. The van der Waals surface area contributed by atoms with Gasteiger partial charge in [0, 0.05) is 0 Å². The first-order valence-corrected chi connectivity index (χ1v) is 5.00. The van der Waals surface area contributed by atoms with Crippen molar-refractivity contribution in [2.75, 3.05) is 6.61 Å². The summed E-state index contributed by atoms with van der Waals surface area (Å²) in [6, 6.07) is 2.20. The summed E-state index contributed by atoms with van der Waals surface area (Å²) in [6.45, 7) is 8.04. The lowest BCUT2D eigenvalue weighted by Gasteiger charge is -2.22. The Labute approximate surface area is 86.1 Å². The molecule has 0 radical (unpaired) electrons. The van der Waals surface area contributed by atoms with Crippen molar-refractivity contribution in [1.82, 2.24) is 0 Å². The molecular weight excluding hydrogens is 178 g/mol. The number of carbonyl (C=O) groups excluding carboxylic acids is 1. The molecule has 0 aliphatic carbocycles. The average molecular weight is 197 g/mol. The van der Waals surface area contributed by atoms with Crippen LogP contribution in [0.2, 0.25) is 0 Å². The van der Waals surface area contributed by atoms with Crippen molar-refractivity contribution in [2.24, 2.45) is 11.3 Å². The van der Waals surface area contributed by atoms with Gasteiger partial charge in [-0.3, -0.25) is 4.79 Å². The van der Waals surface area contributed by atoms with Crippen LogP contribution in [0.5, 0.6) is 0 Å². The fraction of sp³-hybridized carbons (Fsp3) is 0.818. The molecule has 0 N–H and O–H groups in total. The van der Waals surface area contributed by atoms with Gasteiger partial charge in [0.05, 0.1) is 24.5 Å². The molecule has 0 saturated heterocycles. The van der Waals surface area contributed by atoms with Gasteiger partial charge in [-0.15, -0.1) is 0 Å². The monoisotopic (exact) mass is 197 g/mol. The fourth-order valence-electron chi connectivity index (χ4n) is 1.59. The summed E-state index contributed by atoms with van der Waals surface area (Å²) in [4.78, 5) is 11.2. The van der Waals surface area contributed by atoms with E-state index in [1.165, 1.54) is 0 Å². The molecule has 3 heteroatoms. The van der Waals surface area contributed by atoms with Crippen molar-refractivity contribution in [3.05, 3.63) is 0 Å². The van der Waals surface area contributed by atoms with E-state index in [1.807, 2.05) is 20.8 Å². The molecule has 14 heavy (non-hydrogen) atoms. The maximum absolute atomic E-state index is 11.2. The van der Waals surface area contributed by atoms with Crippen molar-refractivity contribution in [3.8, 4) is 6.07 Å². The highest BCUT2D eigenvalue weighted by Crippen LogP contribution is 2.29. The minimum Gasteiger partial charge on any atom is -0.466 e. The van der Waals surface area contributed by atoms with Crippen molar-refractivity contribution in [3.63, 3.8) is 0 Å². The number of ether oxygens (including phenoxy) is 1. The Morgan fingerprint density at radius 3 is 2.50 bits per heavy atom. The Bertz CT molecular complexity index is 230. The molecule has 80 valence electrons. The van der Waals surface area contributed by atoms with Gasteiger partial charge in [0.15, 0.2) is 0 Å². The second-order valence-electron chi connectivity index (χ2n) is 4.25. The first-order valence-electron chi connectivity index (χ1n) is 5.00. The molecule has 0 heterocycles. The van der Waals surface area contributed by atoms with Crippen LogP contribution in [0.25, 0.3) is 0 Å². The van der Waals surface area contributed by atoms with Crippen LogP contribution in [0.1, 0.15) is 40.5 Å². The van der Waals surface area contributed by atoms with Gasteiger partial charge in [0.1, 0.15) is 0 Å². The third-order valence-corrected chi connectivity index (χ3v) is 1.97. The molecule has 0 saturated carbocycles. The molecule has 0 spiro atoms. The Morgan fingerprint density at radius 1 is 1.57 bits per heavy atom. The number of nitrogens with zero attached hydrogens (tertiary/aromatic N) is 1. The van der Waals surface area contributed by atoms with Crippen molar-refractivity contribution >= 4 is 5.97 Å². The summed E-state index contributed by atoms with van der Waals surface area (Å²) in [5, 5.41) is 8.99. The zero-order valence-corrected chi connectivity index (χ0v) is 9.46. The highest BCUT2D eigenvalue weighted by molar-refractivity contribution is 5.70. The molecule has 0 aliphatic heterocycles. The molecule has 0 bridgehead atoms. The zero-order chi connectivity index (χ0) is 11.2. The van der Waals surface area contributed by atoms with Crippen LogP contribution >= 0.6 is 0 Å². The lowest BCUT2D eigenvalue weighted by atomic mass is 9.80. The first kappa shape index (κ1) is 13.0. The molecule has 0 amide bonds. The number of nitriles is 1. The van der Waals surface area contributed by atoms with E-state index in [4.69, 9.17) is 10.00 Å². The summed E-state index contributed by atoms with van der Waals surface area (Å²) in [7, 11) is 0. The lowest BCUT2D eigenvalue weighted by Crippen LogP contribution is -2.22. The van der Waals surface area contributed by atoms with Gasteiger partial charge in [0.2, 0.25) is 0 Å². The van der Waals surface area contributed by atoms with E-state index < -0.39 is 5.41 Å². The van der Waals surface area contributed by atoms with Gasteiger partial charge in [-0.05, 0) is 26.2 Å². The minimum atomic E-state index is -0.583. The third-order valence-electron chi connectivity index (χ3n) is 1.97. The Kier molecular flexibility index (Phi) is 5.22. The molecule has 0 aromatic rings. The molecular formula is C11H19NO2. The maximum atomic E-state index is 11.2. The predicted octanol–water partition coefficient (Wildman–Crippen LogP) is 2.52. The van der Waals surface area contributed by atoms with E-state index in [-0.39, 0.29) is 12.4 Å². The van der Waals surface area contributed by atoms with Crippen LogP contribution in [-0.4, -0.2) is 12.6 Å². The zero-order valence-electron chi connectivity index (χ0n) is 9.46. The van der Waals surface area contributed by atoms with Crippen LogP contribution in [0, 0.1) is 22.7 Å². The van der Waals surface area contributed by atoms with E-state index in [0.29, 0.717) is 12.5 Å². The highest BCUT2D eigenvalue weighted by atomic mass is 16.5. The largest absolute Gasteiger partial charge is 0.466 e. The molecule has 0 fully saturated rings. The second kappa shape index (κ2) is 5.64. The average Bonchev–Trinajstić information content (AvgIpc) is 2.02. The van der Waals surface area contributed by atoms with Gasteiger partial charge < -0.3 is 4.74 Å². The van der Waals surface area contributed by atoms with Gasteiger partial charge in [-0.1, -0.05) is 13.8 Å². The van der Waals surface area contributed by atoms with E-state index >= 15 is 0 Å². The highest BCUT2D eigenvalue weighted by Gasteiger charge is 2.28. The van der Waals surface area contributed by atoms with Crippen molar-refractivity contribution < 1.29 is 9.53 Å². The Balaban J connectivity index is 4.26. The van der Waals surface area contributed by atoms with Gasteiger partial charge in [-0.2, -0.15) is 5.26 Å². The van der Waals surface area contributed by atoms with E-state index in [1.54, 1.807) is 6.92 Å². The molecule has 0 aromatic carbocycles. The van der Waals surface area contributed by atoms with Crippen molar-refractivity contribution in [2.45, 2.75) is 40.5 Å². The molecule has 0 aliphatic rings. The number of carbonyl (C=O) groups is 1. The summed E-state index contributed by atoms with van der Waals surface area (Å²) in [5.74, 6) is 0.131. The van der Waals surface area contributed by atoms with Gasteiger partial charge >= 0.3 is 5.97 Å². The molecule has 0 aromatic heterocycles. The molecule has 3 nitrogen and oxygen atoms in total. The maximum Gasteiger partial charge on any atom is 0.307 e. The molecule has 1 atom stereocenters. The summed E-state index contributed by atoms with van der Waals surface area (Å²) in [6.07, 6.45) is 0.915. The smallest absolute Gasteiger partial charge is 0.307 e. The third kappa shape index (κ3) is 4.86. The second-order valence-corrected chi connectivity index (χ2v) is 4.25. The normalized spacial score (nSPS) is 14.6. The summed E-state index contributed by atoms with van der Waals surface area (Å²) >= 11 is 0. The quantitative estimate of drug-likeness (QED) is 0.636. The van der Waals surface area contributed by atoms with E-state index in [0.717, 1.165) is 6.42 Å². The number of hydrogen-bond acceptors (Lipinski definition) is 3. The Hall–Kier alpha value is -1.04. The Morgan fingerprint density at radius 2 is 2.14 bits per heavy atom. The van der Waals surface area contributed by atoms with E-state index in [9.17, 15) is 4.79 Å². The standard InChI is InChI=1S/C11H19NO2/c1-5-14-10(13)7-11(4,8-12)6-9(2)3/h9H,5-7H2,1-4H3. The molecule has 0 rings (SSSR count). The predicted molar refractivity (Wildman–Crippen MR) is 54.4 cm³/mol. The summed E-state index contributed by atoms with van der Waals surface area (Å²) in [5.41, 5.74) is -0.583. The molecule has 1 unspecified atom stereocenters. The van der Waals surface area contributed by atoms with Crippen molar-refractivity contribution in [1.29, 1.82) is 5.26 Å². The summed E-state index contributed by atoms with van der Waals surface area (Å²) < 4.78 is 4.83. The van der Waals surface area contributed by atoms with E-state index in [2.05, 4.69) is 6.07 Å². The minimum absolute atomic E-state index is 0.190. The SMILES string of the molecule is CCOC(=O)CC(C)(C#N)CC(C)C. The van der Waals surface area contributed by atoms with Crippen LogP contribution in [0.15, 0.2) is 0 Å². The topological polar surface area (TPSA) is 50.1 Å². The van der Waals surface area contributed by atoms with Gasteiger partial charge in [-0.25, -0.2) is 0 Å². The van der Waals surface area contributed by atoms with Gasteiger partial charge in [0.25, 0.3) is 0 Å². The number of hydrogen-bond donors (Lipinski definition) is 0. The lowest BCUT2D eigenvalue weighted by molar-refractivity contribution is -0.145. The van der Waals surface area contributed by atoms with Crippen LogP contribution in [0.3, 0.4) is 0 Å². The number of esters is 1. The van der Waals surface area contributed by atoms with Crippen LogP contribution in [0.4, 0.5) is 0 Å².